The number of hydrogen-bond donors (Lipinski definition) is 2. The van der Waals surface area contributed by atoms with E-state index in [4.69, 9.17) is 5.73 Å². The Labute approximate surface area is 97.0 Å². The highest BCUT2D eigenvalue weighted by Gasteiger charge is 2.35. The summed E-state index contributed by atoms with van der Waals surface area (Å²) < 4.78 is 0. The van der Waals surface area contributed by atoms with Crippen molar-refractivity contribution in [1.82, 2.24) is 0 Å². The molecule has 2 saturated carbocycles. The molecule has 0 saturated heterocycles. The van der Waals surface area contributed by atoms with E-state index < -0.39 is 0 Å². The van der Waals surface area contributed by atoms with Crippen molar-refractivity contribution in [2.75, 3.05) is 6.61 Å². The van der Waals surface area contributed by atoms with Crippen LogP contribution < -0.4 is 5.73 Å². The fourth-order valence-electron chi connectivity index (χ4n) is 2.49. The van der Waals surface area contributed by atoms with E-state index in [1.165, 1.54) is 44.9 Å². The van der Waals surface area contributed by atoms with Crippen LogP contribution in [-0.2, 0) is 0 Å². The Morgan fingerprint density at radius 1 is 1.13 bits per heavy atom. The Kier molecular flexibility index (Phi) is 4.35. The smallest absolute Gasteiger partial charge is 0.0565 e. The summed E-state index contributed by atoms with van der Waals surface area (Å²) in [7, 11) is 0. The van der Waals surface area contributed by atoms with Crippen LogP contribution in [0.5, 0.6) is 0 Å². The van der Waals surface area contributed by atoms with Gasteiger partial charge in [-0.2, -0.15) is 11.8 Å². The molecule has 2 unspecified atom stereocenters. The number of nitrogens with two attached hydrogens (primary N) is 1. The lowest BCUT2D eigenvalue weighted by Gasteiger charge is -2.28. The van der Waals surface area contributed by atoms with Crippen molar-refractivity contribution in [3.63, 3.8) is 0 Å². The standard InChI is InChI=1S/C12H23NOS/c13-12(9-6-7-9)11(8-14)15-10-4-2-1-3-5-10/h9-12,14H,1-8,13H2. The molecular formula is C12H23NOS. The maximum Gasteiger partial charge on any atom is 0.0565 e. The van der Waals surface area contributed by atoms with E-state index in [0.717, 1.165) is 5.25 Å². The number of aliphatic hydroxyl groups excluding tert-OH is 1. The van der Waals surface area contributed by atoms with Crippen LogP contribution in [0.4, 0.5) is 0 Å². The highest BCUT2D eigenvalue weighted by atomic mass is 32.2. The molecule has 0 aliphatic heterocycles. The van der Waals surface area contributed by atoms with Gasteiger partial charge in [-0.15, -0.1) is 0 Å². The quantitative estimate of drug-likeness (QED) is 0.759. The van der Waals surface area contributed by atoms with Crippen molar-refractivity contribution in [1.29, 1.82) is 0 Å². The van der Waals surface area contributed by atoms with Crippen molar-refractivity contribution in [3.8, 4) is 0 Å². The summed E-state index contributed by atoms with van der Waals surface area (Å²) in [6.45, 7) is 0.263. The van der Waals surface area contributed by atoms with Gasteiger partial charge in [0, 0.05) is 16.5 Å². The molecule has 0 aromatic carbocycles. The van der Waals surface area contributed by atoms with E-state index >= 15 is 0 Å². The molecule has 3 N–H and O–H groups in total. The van der Waals surface area contributed by atoms with Crippen molar-refractivity contribution in [3.05, 3.63) is 0 Å². The zero-order valence-corrected chi connectivity index (χ0v) is 10.2. The second-order valence-corrected chi connectivity index (χ2v) is 6.58. The SMILES string of the molecule is NC(C1CC1)C(CO)SC1CCCCC1. The molecule has 2 aliphatic carbocycles. The van der Waals surface area contributed by atoms with Gasteiger partial charge in [-0.1, -0.05) is 19.3 Å². The predicted octanol–water partition coefficient (Wildman–Crippen LogP) is 2.15. The predicted molar refractivity (Wildman–Crippen MR) is 66.0 cm³/mol. The van der Waals surface area contributed by atoms with Gasteiger partial charge < -0.3 is 10.8 Å². The number of thioether (sulfide) groups is 1. The van der Waals surface area contributed by atoms with Gasteiger partial charge in [0.15, 0.2) is 0 Å². The van der Waals surface area contributed by atoms with Crippen molar-refractivity contribution < 1.29 is 5.11 Å². The Bertz CT molecular complexity index is 190. The van der Waals surface area contributed by atoms with Gasteiger partial charge in [0.05, 0.1) is 6.61 Å². The molecule has 0 amide bonds. The third kappa shape index (κ3) is 3.36. The average molecular weight is 229 g/mol. The lowest BCUT2D eigenvalue weighted by atomic mass is 10.0. The highest BCUT2D eigenvalue weighted by molar-refractivity contribution is 8.00. The first-order valence-electron chi connectivity index (χ1n) is 6.33. The molecule has 2 fully saturated rings. The van der Waals surface area contributed by atoms with Gasteiger partial charge in [-0.05, 0) is 31.6 Å². The first-order chi connectivity index (χ1) is 7.31. The van der Waals surface area contributed by atoms with Crippen LogP contribution in [0.2, 0.25) is 0 Å². The van der Waals surface area contributed by atoms with Gasteiger partial charge in [0.25, 0.3) is 0 Å². The normalized spacial score (nSPS) is 27.6. The summed E-state index contributed by atoms with van der Waals surface area (Å²) in [6, 6.07) is 0.238. The second kappa shape index (κ2) is 5.55. The monoisotopic (exact) mass is 229 g/mol. The molecule has 0 bridgehead atoms. The molecule has 2 atom stereocenters. The maximum absolute atomic E-state index is 9.40. The molecule has 0 aromatic rings. The summed E-state index contributed by atoms with van der Waals surface area (Å²) in [5, 5.41) is 10.5. The van der Waals surface area contributed by atoms with E-state index in [-0.39, 0.29) is 12.6 Å². The highest BCUT2D eigenvalue weighted by Crippen LogP contribution is 2.39. The first-order valence-corrected chi connectivity index (χ1v) is 7.27. The van der Waals surface area contributed by atoms with Gasteiger partial charge >= 0.3 is 0 Å². The molecule has 88 valence electrons. The Balaban J connectivity index is 1.77. The first kappa shape index (κ1) is 11.7. The molecule has 0 radical (unpaired) electrons. The Morgan fingerprint density at radius 3 is 2.33 bits per heavy atom. The van der Waals surface area contributed by atoms with Gasteiger partial charge in [0.2, 0.25) is 0 Å². The number of rotatable bonds is 5. The van der Waals surface area contributed by atoms with Crippen molar-refractivity contribution in [2.45, 2.75) is 61.5 Å². The molecule has 0 spiro atoms. The molecule has 0 aromatic heterocycles. The lowest BCUT2D eigenvalue weighted by Crippen LogP contribution is -2.38. The zero-order chi connectivity index (χ0) is 10.7. The molecule has 2 rings (SSSR count). The average Bonchev–Trinajstić information content (AvgIpc) is 3.10. The van der Waals surface area contributed by atoms with E-state index in [0.29, 0.717) is 11.2 Å². The summed E-state index contributed by atoms with van der Waals surface area (Å²) in [4.78, 5) is 0. The summed E-state index contributed by atoms with van der Waals surface area (Å²) in [5.74, 6) is 0.707. The van der Waals surface area contributed by atoms with Crippen LogP contribution in [-0.4, -0.2) is 28.3 Å². The minimum absolute atomic E-state index is 0.238. The van der Waals surface area contributed by atoms with Crippen LogP contribution in [0.1, 0.15) is 44.9 Å². The van der Waals surface area contributed by atoms with E-state index in [2.05, 4.69) is 0 Å². The van der Waals surface area contributed by atoms with Crippen molar-refractivity contribution in [2.24, 2.45) is 11.7 Å². The molecule has 0 heterocycles. The van der Waals surface area contributed by atoms with Gasteiger partial charge in [-0.3, -0.25) is 0 Å². The van der Waals surface area contributed by atoms with Crippen LogP contribution >= 0.6 is 11.8 Å². The lowest BCUT2D eigenvalue weighted by molar-refractivity contribution is 0.276. The van der Waals surface area contributed by atoms with Crippen LogP contribution in [0.25, 0.3) is 0 Å². The minimum atomic E-state index is 0.238. The number of aliphatic hydroxyl groups is 1. The maximum atomic E-state index is 9.40. The molecule has 15 heavy (non-hydrogen) atoms. The molecule has 2 nitrogen and oxygen atoms in total. The molecule has 3 heteroatoms. The van der Waals surface area contributed by atoms with Crippen molar-refractivity contribution >= 4 is 11.8 Å². The summed E-state index contributed by atoms with van der Waals surface area (Å²) in [5.41, 5.74) is 6.17. The summed E-state index contributed by atoms with van der Waals surface area (Å²) >= 11 is 1.97. The second-order valence-electron chi connectivity index (χ2n) is 5.03. The van der Waals surface area contributed by atoms with Crippen LogP contribution in [0.15, 0.2) is 0 Å². The third-order valence-corrected chi connectivity index (χ3v) is 5.36. The van der Waals surface area contributed by atoms with E-state index in [1.54, 1.807) is 0 Å². The van der Waals surface area contributed by atoms with Gasteiger partial charge in [0.1, 0.15) is 0 Å². The van der Waals surface area contributed by atoms with Crippen LogP contribution in [0, 0.1) is 5.92 Å². The largest absolute Gasteiger partial charge is 0.395 e. The van der Waals surface area contributed by atoms with E-state index in [1.807, 2.05) is 11.8 Å². The van der Waals surface area contributed by atoms with E-state index in [9.17, 15) is 5.11 Å². The fraction of sp³-hybridized carbons (Fsp3) is 1.00. The van der Waals surface area contributed by atoms with Gasteiger partial charge in [-0.25, -0.2) is 0 Å². The Morgan fingerprint density at radius 2 is 1.80 bits per heavy atom. The fourth-order valence-corrected chi connectivity index (χ4v) is 4.08. The topological polar surface area (TPSA) is 46.2 Å². The zero-order valence-electron chi connectivity index (χ0n) is 9.40. The Hall–Kier alpha value is 0.270. The number of hydrogen-bond acceptors (Lipinski definition) is 3. The minimum Gasteiger partial charge on any atom is -0.395 e. The molecular weight excluding hydrogens is 206 g/mol. The third-order valence-electron chi connectivity index (χ3n) is 3.70. The van der Waals surface area contributed by atoms with Crippen LogP contribution in [0.3, 0.4) is 0 Å². The summed E-state index contributed by atoms with van der Waals surface area (Å²) in [6.07, 6.45) is 9.36. The molecule has 2 aliphatic rings.